The number of nitrogens with zero attached hydrogens (tertiary/aromatic N) is 3. The molecule has 1 aliphatic heterocycles. The lowest BCUT2D eigenvalue weighted by Crippen LogP contribution is -2.38. The van der Waals surface area contributed by atoms with Crippen molar-refractivity contribution >= 4 is 16.6 Å². The number of hydrazone groups is 1. The molecule has 2 aromatic rings. The summed E-state index contributed by atoms with van der Waals surface area (Å²) in [6.07, 6.45) is 2.82. The van der Waals surface area contributed by atoms with Gasteiger partial charge in [-0.2, -0.15) is 10.4 Å². The maximum Gasteiger partial charge on any atom is 0.161 e. The molecule has 102 valence electrons. The highest BCUT2D eigenvalue weighted by molar-refractivity contribution is 5.85. The summed E-state index contributed by atoms with van der Waals surface area (Å²) in [7, 11) is 0. The average molecular weight is 266 g/mol. The first-order valence-corrected chi connectivity index (χ1v) is 6.82. The van der Waals surface area contributed by atoms with Crippen LogP contribution in [-0.4, -0.2) is 21.2 Å². The van der Waals surface area contributed by atoms with E-state index in [4.69, 9.17) is 0 Å². The zero-order valence-corrected chi connectivity index (χ0v) is 12.0. The summed E-state index contributed by atoms with van der Waals surface area (Å²) in [5.41, 5.74) is 3.01. The molecule has 1 atom stereocenters. The first-order chi connectivity index (χ1) is 9.53. The lowest BCUT2D eigenvalue weighted by Gasteiger charge is -2.33. The Morgan fingerprint density at radius 2 is 2.15 bits per heavy atom. The minimum atomic E-state index is -0.362. The third kappa shape index (κ3) is 1.87. The number of aromatic amines is 1. The van der Waals surface area contributed by atoms with Crippen LogP contribution in [0.15, 0.2) is 35.6 Å². The van der Waals surface area contributed by atoms with E-state index in [0.29, 0.717) is 0 Å². The molecule has 2 heterocycles. The van der Waals surface area contributed by atoms with Gasteiger partial charge in [-0.25, -0.2) is 0 Å². The van der Waals surface area contributed by atoms with Crippen LogP contribution in [0.2, 0.25) is 0 Å². The van der Waals surface area contributed by atoms with Crippen LogP contribution in [0.4, 0.5) is 0 Å². The number of aromatic nitrogens is 1. The molecule has 0 amide bonds. The molecule has 0 aliphatic carbocycles. The van der Waals surface area contributed by atoms with Crippen molar-refractivity contribution in [3.05, 3.63) is 36.0 Å². The number of hydrogen-bond acceptors (Lipinski definition) is 3. The van der Waals surface area contributed by atoms with Crippen LogP contribution in [0.5, 0.6) is 0 Å². The highest BCUT2D eigenvalue weighted by Crippen LogP contribution is 2.37. The fourth-order valence-electron chi connectivity index (χ4n) is 3.05. The lowest BCUT2D eigenvalue weighted by molar-refractivity contribution is 0.123. The molecule has 0 fully saturated rings. The quantitative estimate of drug-likeness (QED) is 0.903. The van der Waals surface area contributed by atoms with Crippen molar-refractivity contribution in [2.75, 3.05) is 0 Å². The molecule has 1 aromatic heterocycles. The van der Waals surface area contributed by atoms with Crippen LogP contribution in [0.3, 0.4) is 0 Å². The smallest absolute Gasteiger partial charge is 0.161 e. The number of benzene rings is 1. The number of para-hydroxylation sites is 1. The van der Waals surface area contributed by atoms with Gasteiger partial charge in [0.15, 0.2) is 6.04 Å². The number of rotatable bonds is 2. The van der Waals surface area contributed by atoms with Crippen molar-refractivity contribution in [3.63, 3.8) is 0 Å². The lowest BCUT2D eigenvalue weighted by atomic mass is 9.96. The van der Waals surface area contributed by atoms with Gasteiger partial charge in [0, 0.05) is 34.8 Å². The Labute approximate surface area is 118 Å². The summed E-state index contributed by atoms with van der Waals surface area (Å²) >= 11 is 0. The van der Waals surface area contributed by atoms with E-state index in [1.807, 2.05) is 42.4 Å². The van der Waals surface area contributed by atoms with E-state index in [1.165, 1.54) is 0 Å². The molecule has 1 aromatic carbocycles. The third-order valence-corrected chi connectivity index (χ3v) is 3.87. The summed E-state index contributed by atoms with van der Waals surface area (Å²) in [5.74, 6) is 0. The predicted molar refractivity (Wildman–Crippen MR) is 80.3 cm³/mol. The predicted octanol–water partition coefficient (Wildman–Crippen LogP) is 3.59. The molecule has 3 rings (SSSR count). The van der Waals surface area contributed by atoms with Crippen molar-refractivity contribution in [3.8, 4) is 6.07 Å². The molecular formula is C16H18N4. The van der Waals surface area contributed by atoms with Gasteiger partial charge in [0.25, 0.3) is 0 Å². The van der Waals surface area contributed by atoms with E-state index in [9.17, 15) is 5.26 Å². The molecule has 1 aliphatic rings. The van der Waals surface area contributed by atoms with Gasteiger partial charge in [-0.1, -0.05) is 18.2 Å². The second-order valence-corrected chi connectivity index (χ2v) is 5.99. The van der Waals surface area contributed by atoms with Gasteiger partial charge >= 0.3 is 0 Å². The summed E-state index contributed by atoms with van der Waals surface area (Å²) in [6.45, 7) is 6.28. The van der Waals surface area contributed by atoms with Gasteiger partial charge in [0.1, 0.15) is 0 Å². The van der Waals surface area contributed by atoms with E-state index in [0.717, 1.165) is 28.6 Å². The van der Waals surface area contributed by atoms with E-state index in [1.54, 1.807) is 0 Å². The first kappa shape index (κ1) is 12.7. The van der Waals surface area contributed by atoms with Crippen LogP contribution >= 0.6 is 0 Å². The Balaban J connectivity index is 2.09. The van der Waals surface area contributed by atoms with Crippen LogP contribution in [-0.2, 0) is 0 Å². The monoisotopic (exact) mass is 266 g/mol. The number of H-pyrrole nitrogens is 1. The maximum absolute atomic E-state index is 9.66. The van der Waals surface area contributed by atoms with Crippen LogP contribution < -0.4 is 0 Å². The number of nitrogens with one attached hydrogen (secondary N) is 1. The topological polar surface area (TPSA) is 55.2 Å². The van der Waals surface area contributed by atoms with E-state index in [-0.39, 0.29) is 11.6 Å². The molecule has 0 spiro atoms. The molecule has 1 unspecified atom stereocenters. The summed E-state index contributed by atoms with van der Waals surface area (Å²) in [5, 5.41) is 17.3. The number of hydrogen-bond donors (Lipinski definition) is 1. The first-order valence-electron chi connectivity index (χ1n) is 6.82. The number of fused-ring (bicyclic) bond motifs is 1. The SMILES string of the molecule is CC1=NN(C(C#N)c2c[nH]c3ccccc23)C(C)(C)C1. The normalized spacial score (nSPS) is 18.9. The van der Waals surface area contributed by atoms with Crippen LogP contribution in [0.25, 0.3) is 10.9 Å². The van der Waals surface area contributed by atoms with E-state index in [2.05, 4.69) is 30.0 Å². The summed E-state index contributed by atoms with van der Waals surface area (Å²) in [4.78, 5) is 3.24. The molecule has 0 radical (unpaired) electrons. The fourth-order valence-corrected chi connectivity index (χ4v) is 3.05. The Morgan fingerprint density at radius 3 is 2.80 bits per heavy atom. The van der Waals surface area contributed by atoms with Gasteiger partial charge in [0.2, 0.25) is 0 Å². The second-order valence-electron chi connectivity index (χ2n) is 5.99. The van der Waals surface area contributed by atoms with Crippen LogP contribution in [0.1, 0.15) is 38.8 Å². The Bertz CT molecular complexity index is 717. The zero-order valence-electron chi connectivity index (χ0n) is 12.0. The Kier molecular flexibility index (Phi) is 2.79. The molecule has 0 saturated carbocycles. The highest BCUT2D eigenvalue weighted by Gasteiger charge is 2.38. The molecule has 0 saturated heterocycles. The maximum atomic E-state index is 9.66. The van der Waals surface area contributed by atoms with Gasteiger partial charge in [-0.3, -0.25) is 5.01 Å². The van der Waals surface area contributed by atoms with Gasteiger partial charge in [0.05, 0.1) is 11.6 Å². The molecular weight excluding hydrogens is 248 g/mol. The molecule has 0 bridgehead atoms. The minimum absolute atomic E-state index is 0.122. The van der Waals surface area contributed by atoms with Crippen LogP contribution in [0, 0.1) is 11.3 Å². The number of nitriles is 1. The van der Waals surface area contributed by atoms with Crippen molar-refractivity contribution in [1.29, 1.82) is 5.26 Å². The largest absolute Gasteiger partial charge is 0.361 e. The average Bonchev–Trinajstić information content (AvgIpc) is 2.93. The van der Waals surface area contributed by atoms with Crippen molar-refractivity contribution < 1.29 is 0 Å². The molecule has 1 N–H and O–H groups in total. The standard InChI is InChI=1S/C16H18N4/c1-11-8-16(2,3)20(19-11)15(9-17)13-10-18-14-7-5-4-6-12(13)14/h4-7,10,15,18H,8H2,1-3H3. The highest BCUT2D eigenvalue weighted by atomic mass is 15.5. The Hall–Kier alpha value is -2.28. The minimum Gasteiger partial charge on any atom is -0.361 e. The zero-order chi connectivity index (χ0) is 14.3. The molecule has 4 heteroatoms. The molecule has 4 nitrogen and oxygen atoms in total. The van der Waals surface area contributed by atoms with Gasteiger partial charge in [-0.05, 0) is 26.8 Å². The van der Waals surface area contributed by atoms with E-state index < -0.39 is 0 Å². The third-order valence-electron chi connectivity index (χ3n) is 3.87. The summed E-state index contributed by atoms with van der Waals surface area (Å²) < 4.78 is 0. The summed E-state index contributed by atoms with van der Waals surface area (Å²) in [6, 6.07) is 10.1. The fraction of sp³-hybridized carbons (Fsp3) is 0.375. The van der Waals surface area contributed by atoms with E-state index >= 15 is 0 Å². The molecule has 20 heavy (non-hydrogen) atoms. The van der Waals surface area contributed by atoms with Crippen molar-refractivity contribution in [2.45, 2.75) is 38.8 Å². The Morgan fingerprint density at radius 1 is 1.40 bits per heavy atom. The van der Waals surface area contributed by atoms with Gasteiger partial charge < -0.3 is 4.98 Å². The van der Waals surface area contributed by atoms with Gasteiger partial charge in [-0.15, -0.1) is 0 Å². The second kappa shape index (κ2) is 4.38. The van der Waals surface area contributed by atoms with Crippen molar-refractivity contribution in [2.24, 2.45) is 5.10 Å². The van der Waals surface area contributed by atoms with Crippen molar-refractivity contribution in [1.82, 2.24) is 9.99 Å².